The first-order chi connectivity index (χ1) is 11.3. The van der Waals surface area contributed by atoms with Crippen LogP contribution in [0.15, 0.2) is 84.9 Å². The third kappa shape index (κ3) is 2.32. The molecule has 0 amide bonds. The van der Waals surface area contributed by atoms with Crippen LogP contribution in [0.3, 0.4) is 0 Å². The molecule has 23 heavy (non-hydrogen) atoms. The second-order valence-electron chi connectivity index (χ2n) is 5.31. The number of nitrogens with zero attached hydrogens (tertiary/aromatic N) is 2. The fourth-order valence-electron chi connectivity index (χ4n) is 2.73. The van der Waals surface area contributed by atoms with Gasteiger partial charge in [-0.2, -0.15) is 5.10 Å². The van der Waals surface area contributed by atoms with Crippen molar-refractivity contribution in [2.75, 3.05) is 0 Å². The molecule has 0 aliphatic rings. The third-order valence-electron chi connectivity index (χ3n) is 3.84. The molecule has 0 atom stereocenters. The number of hydrogen-bond acceptors (Lipinski definition) is 2. The Kier molecular flexibility index (Phi) is 3.24. The summed E-state index contributed by atoms with van der Waals surface area (Å²) in [4.78, 5) is 12.8. The standard InChI is InChI=1S/C20H14N2O/c23-20(15-9-3-1-4-10-15)19-17-13-7-8-14-18(17)22(21-19)16-11-5-2-6-12-16/h1-14H. The predicted octanol–water partition coefficient (Wildman–Crippen LogP) is 4.26. The molecule has 110 valence electrons. The molecular formula is C20H14N2O. The zero-order valence-corrected chi connectivity index (χ0v) is 12.4. The average molecular weight is 298 g/mol. The maximum Gasteiger partial charge on any atom is 0.213 e. The Bertz CT molecular complexity index is 972. The highest BCUT2D eigenvalue weighted by Crippen LogP contribution is 2.24. The molecule has 0 saturated heterocycles. The van der Waals surface area contributed by atoms with Crippen LogP contribution in [0.25, 0.3) is 16.6 Å². The lowest BCUT2D eigenvalue weighted by Crippen LogP contribution is -2.04. The normalized spacial score (nSPS) is 10.8. The van der Waals surface area contributed by atoms with E-state index in [0.717, 1.165) is 16.6 Å². The number of ketones is 1. The van der Waals surface area contributed by atoms with Crippen LogP contribution in [0, 0.1) is 0 Å². The van der Waals surface area contributed by atoms with E-state index in [2.05, 4.69) is 5.10 Å². The summed E-state index contributed by atoms with van der Waals surface area (Å²) in [6, 6.07) is 26.9. The van der Waals surface area contributed by atoms with Crippen molar-refractivity contribution in [2.45, 2.75) is 0 Å². The molecule has 0 bridgehead atoms. The summed E-state index contributed by atoms with van der Waals surface area (Å²) in [6.45, 7) is 0. The zero-order valence-electron chi connectivity index (χ0n) is 12.4. The van der Waals surface area contributed by atoms with Gasteiger partial charge in [-0.05, 0) is 18.2 Å². The van der Waals surface area contributed by atoms with Gasteiger partial charge in [0.15, 0.2) is 0 Å². The topological polar surface area (TPSA) is 34.9 Å². The van der Waals surface area contributed by atoms with Crippen molar-refractivity contribution in [1.29, 1.82) is 0 Å². The molecule has 4 aromatic rings. The lowest BCUT2D eigenvalue weighted by molar-refractivity contribution is 0.103. The molecule has 0 unspecified atom stereocenters. The predicted molar refractivity (Wildman–Crippen MR) is 90.9 cm³/mol. The summed E-state index contributed by atoms with van der Waals surface area (Å²) in [5.41, 5.74) is 3.00. The van der Waals surface area contributed by atoms with E-state index >= 15 is 0 Å². The fourth-order valence-corrected chi connectivity index (χ4v) is 2.73. The van der Waals surface area contributed by atoms with E-state index < -0.39 is 0 Å². The van der Waals surface area contributed by atoms with Crippen molar-refractivity contribution in [3.05, 3.63) is 96.2 Å². The summed E-state index contributed by atoms with van der Waals surface area (Å²) in [5.74, 6) is -0.0588. The van der Waals surface area contributed by atoms with Gasteiger partial charge in [0, 0.05) is 10.9 Å². The largest absolute Gasteiger partial charge is 0.287 e. The number of para-hydroxylation sites is 2. The van der Waals surface area contributed by atoms with E-state index in [4.69, 9.17) is 0 Å². The van der Waals surface area contributed by atoms with Gasteiger partial charge in [-0.1, -0.05) is 66.7 Å². The minimum Gasteiger partial charge on any atom is -0.287 e. The Morgan fingerprint density at radius 1 is 0.739 bits per heavy atom. The van der Waals surface area contributed by atoms with E-state index in [1.54, 1.807) is 0 Å². The van der Waals surface area contributed by atoms with Crippen LogP contribution >= 0.6 is 0 Å². The van der Waals surface area contributed by atoms with Gasteiger partial charge in [0.1, 0.15) is 5.69 Å². The van der Waals surface area contributed by atoms with Gasteiger partial charge in [0.2, 0.25) is 5.78 Å². The summed E-state index contributed by atoms with van der Waals surface area (Å²) < 4.78 is 1.82. The molecule has 0 aliphatic carbocycles. The zero-order chi connectivity index (χ0) is 15.6. The van der Waals surface area contributed by atoms with Crippen LogP contribution in [-0.2, 0) is 0 Å². The molecule has 3 heteroatoms. The van der Waals surface area contributed by atoms with Gasteiger partial charge < -0.3 is 0 Å². The lowest BCUT2D eigenvalue weighted by atomic mass is 10.1. The molecule has 4 rings (SSSR count). The second kappa shape index (κ2) is 5.54. The maximum atomic E-state index is 12.8. The Labute approximate surface area is 133 Å². The number of hydrogen-bond donors (Lipinski definition) is 0. The van der Waals surface area contributed by atoms with Crippen LogP contribution in [-0.4, -0.2) is 15.6 Å². The molecule has 1 aromatic heterocycles. The molecule has 0 radical (unpaired) electrons. The molecule has 3 aromatic carbocycles. The molecule has 1 heterocycles. The van der Waals surface area contributed by atoms with Gasteiger partial charge >= 0.3 is 0 Å². The van der Waals surface area contributed by atoms with Crippen molar-refractivity contribution >= 4 is 16.7 Å². The Balaban J connectivity index is 1.94. The highest BCUT2D eigenvalue weighted by Gasteiger charge is 2.18. The number of fused-ring (bicyclic) bond motifs is 1. The van der Waals surface area contributed by atoms with Crippen molar-refractivity contribution in [3.8, 4) is 5.69 Å². The number of aromatic nitrogens is 2. The molecule has 0 aliphatic heterocycles. The molecule has 0 fully saturated rings. The van der Waals surface area contributed by atoms with E-state index in [-0.39, 0.29) is 5.78 Å². The summed E-state index contributed by atoms with van der Waals surface area (Å²) in [5, 5.41) is 5.47. The van der Waals surface area contributed by atoms with Crippen LogP contribution in [0.1, 0.15) is 16.1 Å². The highest BCUT2D eigenvalue weighted by atomic mass is 16.1. The lowest BCUT2D eigenvalue weighted by Gasteiger charge is -2.02. The third-order valence-corrected chi connectivity index (χ3v) is 3.84. The first-order valence-corrected chi connectivity index (χ1v) is 7.47. The van der Waals surface area contributed by atoms with E-state index in [1.807, 2.05) is 89.6 Å². The molecular weight excluding hydrogens is 284 g/mol. The monoisotopic (exact) mass is 298 g/mol. The molecule has 3 nitrogen and oxygen atoms in total. The summed E-state index contributed by atoms with van der Waals surface area (Å²) >= 11 is 0. The number of carbonyl (C=O) groups is 1. The molecule has 0 spiro atoms. The second-order valence-corrected chi connectivity index (χ2v) is 5.31. The average Bonchev–Trinajstić information content (AvgIpc) is 3.02. The van der Waals surface area contributed by atoms with Gasteiger partial charge in [-0.3, -0.25) is 4.79 Å². The minimum absolute atomic E-state index is 0.0588. The first-order valence-electron chi connectivity index (χ1n) is 7.47. The van der Waals surface area contributed by atoms with Crippen molar-refractivity contribution in [3.63, 3.8) is 0 Å². The van der Waals surface area contributed by atoms with Crippen molar-refractivity contribution in [2.24, 2.45) is 0 Å². The van der Waals surface area contributed by atoms with E-state index in [0.29, 0.717) is 11.3 Å². The first kappa shape index (κ1) is 13.5. The van der Waals surface area contributed by atoms with Gasteiger partial charge in [0.25, 0.3) is 0 Å². The molecule has 0 saturated carbocycles. The maximum absolute atomic E-state index is 12.8. The van der Waals surface area contributed by atoms with E-state index in [9.17, 15) is 4.79 Å². The minimum atomic E-state index is -0.0588. The summed E-state index contributed by atoms with van der Waals surface area (Å²) in [6.07, 6.45) is 0. The Morgan fingerprint density at radius 3 is 2.09 bits per heavy atom. The van der Waals surface area contributed by atoms with Crippen LogP contribution in [0.4, 0.5) is 0 Å². The van der Waals surface area contributed by atoms with Gasteiger partial charge in [-0.15, -0.1) is 0 Å². The Morgan fingerprint density at radius 2 is 1.35 bits per heavy atom. The van der Waals surface area contributed by atoms with E-state index in [1.165, 1.54) is 0 Å². The van der Waals surface area contributed by atoms with Crippen molar-refractivity contribution < 1.29 is 4.79 Å². The summed E-state index contributed by atoms with van der Waals surface area (Å²) in [7, 11) is 0. The van der Waals surface area contributed by atoms with Crippen molar-refractivity contribution in [1.82, 2.24) is 9.78 Å². The quantitative estimate of drug-likeness (QED) is 0.530. The SMILES string of the molecule is O=C(c1ccccc1)c1nn(-c2ccccc2)c2ccccc12. The smallest absolute Gasteiger partial charge is 0.213 e. The van der Waals surface area contributed by atoms with Crippen LogP contribution in [0.2, 0.25) is 0 Å². The number of rotatable bonds is 3. The van der Waals surface area contributed by atoms with Crippen LogP contribution in [0.5, 0.6) is 0 Å². The van der Waals surface area contributed by atoms with Gasteiger partial charge in [-0.25, -0.2) is 4.68 Å². The van der Waals surface area contributed by atoms with Gasteiger partial charge in [0.05, 0.1) is 11.2 Å². The highest BCUT2D eigenvalue weighted by molar-refractivity contribution is 6.15. The molecule has 0 N–H and O–H groups in total. The fraction of sp³-hybridized carbons (Fsp3) is 0. The Hall–Kier alpha value is -3.20. The number of carbonyl (C=O) groups excluding carboxylic acids is 1. The van der Waals surface area contributed by atoms with Crippen LogP contribution < -0.4 is 0 Å². The number of benzene rings is 3.